The number of halogens is 4. The highest BCUT2D eigenvalue weighted by Crippen LogP contribution is 2.44. The molecule has 0 aliphatic heterocycles. The average molecular weight is 405 g/mol. The van der Waals surface area contributed by atoms with E-state index < -0.39 is 23.7 Å². The third-order valence-electron chi connectivity index (χ3n) is 4.74. The maximum Gasteiger partial charge on any atom is 0.433 e. The molecule has 2 heterocycles. The van der Waals surface area contributed by atoms with Crippen LogP contribution in [0.15, 0.2) is 36.8 Å². The monoisotopic (exact) mass is 405 g/mol. The van der Waals surface area contributed by atoms with Crippen LogP contribution in [0.5, 0.6) is 11.8 Å². The van der Waals surface area contributed by atoms with Gasteiger partial charge in [0.1, 0.15) is 5.82 Å². The van der Waals surface area contributed by atoms with E-state index in [0.717, 1.165) is 31.5 Å². The van der Waals surface area contributed by atoms with Crippen LogP contribution in [0.3, 0.4) is 0 Å². The number of nitrogen functional groups attached to an aromatic ring is 1. The van der Waals surface area contributed by atoms with Crippen LogP contribution in [0.2, 0.25) is 0 Å². The minimum Gasteiger partial charge on any atom is -0.421 e. The van der Waals surface area contributed by atoms with Crippen LogP contribution in [0, 0.1) is 5.82 Å². The van der Waals surface area contributed by atoms with E-state index >= 15 is 4.39 Å². The van der Waals surface area contributed by atoms with Crippen molar-refractivity contribution in [3.63, 3.8) is 0 Å². The summed E-state index contributed by atoms with van der Waals surface area (Å²) < 4.78 is 59.6. The summed E-state index contributed by atoms with van der Waals surface area (Å²) >= 11 is 0. The topological polar surface area (TPSA) is 86.8 Å². The number of rotatable bonds is 4. The Hall–Kier alpha value is -3.30. The highest BCUT2D eigenvalue weighted by atomic mass is 19.4. The molecule has 0 radical (unpaired) electrons. The summed E-state index contributed by atoms with van der Waals surface area (Å²) in [5, 5.41) is 0. The van der Waals surface area contributed by atoms with Gasteiger partial charge in [-0.15, -0.1) is 0 Å². The number of hydrogen-bond donors (Lipinski definition) is 1. The zero-order chi connectivity index (χ0) is 20.6. The molecule has 1 aromatic carbocycles. The maximum absolute atomic E-state index is 15.4. The predicted molar refractivity (Wildman–Crippen MR) is 95.5 cm³/mol. The molecular weight excluding hydrogens is 390 g/mol. The molecule has 2 N–H and O–H groups in total. The molecule has 150 valence electrons. The molecule has 4 rings (SSSR count). The van der Waals surface area contributed by atoms with E-state index in [1.807, 2.05) is 0 Å². The van der Waals surface area contributed by atoms with Crippen LogP contribution < -0.4 is 10.5 Å². The number of nitrogens with zero attached hydrogens (tertiary/aromatic N) is 4. The first-order valence-electron chi connectivity index (χ1n) is 8.81. The summed E-state index contributed by atoms with van der Waals surface area (Å²) in [6.07, 6.45) is 1.49. The first-order valence-corrected chi connectivity index (χ1v) is 8.81. The lowest BCUT2D eigenvalue weighted by atomic mass is 9.79. The van der Waals surface area contributed by atoms with E-state index in [2.05, 4.69) is 19.9 Å². The van der Waals surface area contributed by atoms with E-state index in [-0.39, 0.29) is 28.7 Å². The Balaban J connectivity index is 1.78. The van der Waals surface area contributed by atoms with Crippen LogP contribution in [0.4, 0.5) is 23.4 Å². The van der Waals surface area contributed by atoms with Crippen molar-refractivity contribution in [2.45, 2.75) is 31.4 Å². The van der Waals surface area contributed by atoms with Gasteiger partial charge in [-0.2, -0.15) is 18.2 Å². The average Bonchev–Trinajstić information content (AvgIpc) is 2.64. The molecule has 0 unspecified atom stereocenters. The molecule has 2 aromatic heterocycles. The smallest absolute Gasteiger partial charge is 0.421 e. The zero-order valence-electron chi connectivity index (χ0n) is 14.9. The van der Waals surface area contributed by atoms with E-state index in [9.17, 15) is 13.2 Å². The van der Waals surface area contributed by atoms with Gasteiger partial charge in [0, 0.05) is 17.3 Å². The van der Waals surface area contributed by atoms with Crippen molar-refractivity contribution in [3.8, 4) is 23.0 Å². The molecule has 6 nitrogen and oxygen atoms in total. The molecule has 10 heteroatoms. The Labute approximate surface area is 162 Å². The largest absolute Gasteiger partial charge is 0.433 e. The molecule has 1 aliphatic carbocycles. The summed E-state index contributed by atoms with van der Waals surface area (Å²) in [4.78, 5) is 15.0. The summed E-state index contributed by atoms with van der Waals surface area (Å²) in [5.41, 5.74) is 5.20. The van der Waals surface area contributed by atoms with Crippen LogP contribution in [-0.2, 0) is 6.18 Å². The molecule has 0 bridgehead atoms. The lowest BCUT2D eigenvalue weighted by molar-refractivity contribution is -0.141. The molecule has 1 aliphatic rings. The number of benzene rings is 1. The van der Waals surface area contributed by atoms with Crippen LogP contribution >= 0.6 is 0 Å². The lowest BCUT2D eigenvalue weighted by Gasteiger charge is -2.28. The first-order chi connectivity index (χ1) is 13.8. The summed E-state index contributed by atoms with van der Waals surface area (Å²) in [5.74, 6) is -0.745. The SMILES string of the molecule is Nc1cnc(-c2ccc(C3CCC3)c(Oc3nccc(C(F)(F)F)n3)c2F)cn1. The van der Waals surface area contributed by atoms with E-state index in [1.165, 1.54) is 12.4 Å². The Morgan fingerprint density at radius 3 is 2.45 bits per heavy atom. The first kappa shape index (κ1) is 19.0. The number of ether oxygens (including phenoxy) is 1. The van der Waals surface area contributed by atoms with Crippen molar-refractivity contribution in [3.05, 3.63) is 53.9 Å². The van der Waals surface area contributed by atoms with Crippen molar-refractivity contribution in [2.75, 3.05) is 5.73 Å². The van der Waals surface area contributed by atoms with Gasteiger partial charge in [0.05, 0.1) is 18.1 Å². The van der Waals surface area contributed by atoms with Gasteiger partial charge in [-0.3, -0.25) is 4.98 Å². The molecule has 0 saturated heterocycles. The molecule has 1 fully saturated rings. The van der Waals surface area contributed by atoms with E-state index in [0.29, 0.717) is 5.56 Å². The fraction of sp³-hybridized carbons (Fsp3) is 0.263. The summed E-state index contributed by atoms with van der Waals surface area (Å²) in [7, 11) is 0. The van der Waals surface area contributed by atoms with Crippen LogP contribution in [0.25, 0.3) is 11.3 Å². The highest BCUT2D eigenvalue weighted by molar-refractivity contribution is 5.64. The summed E-state index contributed by atoms with van der Waals surface area (Å²) in [6, 6.07) is 3.36. The van der Waals surface area contributed by atoms with Gasteiger partial charge in [-0.1, -0.05) is 12.5 Å². The molecule has 0 amide bonds. The third-order valence-corrected chi connectivity index (χ3v) is 4.74. The fourth-order valence-corrected chi connectivity index (χ4v) is 3.03. The van der Waals surface area contributed by atoms with Gasteiger partial charge < -0.3 is 10.5 Å². The number of hydrogen-bond acceptors (Lipinski definition) is 6. The van der Waals surface area contributed by atoms with Crippen molar-refractivity contribution in [1.29, 1.82) is 0 Å². The number of anilines is 1. The minimum atomic E-state index is -4.67. The second-order valence-corrected chi connectivity index (χ2v) is 6.62. The quantitative estimate of drug-likeness (QED) is 0.632. The molecule has 3 aromatic rings. The predicted octanol–water partition coefficient (Wildman–Crippen LogP) is 4.73. The molecule has 0 atom stereocenters. The maximum atomic E-state index is 15.4. The Morgan fingerprint density at radius 1 is 1.03 bits per heavy atom. The highest BCUT2D eigenvalue weighted by Gasteiger charge is 2.33. The van der Waals surface area contributed by atoms with Crippen molar-refractivity contribution < 1.29 is 22.3 Å². The fourth-order valence-electron chi connectivity index (χ4n) is 3.03. The molecular formula is C19H15F4N5O. The van der Waals surface area contributed by atoms with Gasteiger partial charge >= 0.3 is 12.2 Å². The van der Waals surface area contributed by atoms with Gasteiger partial charge in [0.2, 0.25) is 0 Å². The Kier molecular flexibility index (Phi) is 4.77. The van der Waals surface area contributed by atoms with Crippen molar-refractivity contribution in [2.24, 2.45) is 0 Å². The van der Waals surface area contributed by atoms with Gasteiger partial charge in [0.15, 0.2) is 17.3 Å². The van der Waals surface area contributed by atoms with Crippen molar-refractivity contribution >= 4 is 5.82 Å². The van der Waals surface area contributed by atoms with Gasteiger partial charge in [-0.05, 0) is 30.9 Å². The minimum absolute atomic E-state index is 0.0526. The van der Waals surface area contributed by atoms with Crippen LogP contribution in [0.1, 0.15) is 36.4 Å². The third kappa shape index (κ3) is 3.82. The standard InChI is InChI=1S/C19H15F4N5O/c20-16-12(13-8-27-15(24)9-26-13)5-4-11(10-2-1-3-10)17(16)29-18-25-7-6-14(28-18)19(21,22)23/h4-10H,1-3H2,(H2,24,27). The molecule has 1 saturated carbocycles. The zero-order valence-corrected chi connectivity index (χ0v) is 14.9. The molecule has 0 spiro atoms. The second kappa shape index (κ2) is 7.26. The normalized spacial score (nSPS) is 14.5. The van der Waals surface area contributed by atoms with E-state index in [4.69, 9.17) is 10.5 Å². The number of alkyl halides is 3. The Morgan fingerprint density at radius 2 is 1.83 bits per heavy atom. The second-order valence-electron chi connectivity index (χ2n) is 6.62. The van der Waals surface area contributed by atoms with Crippen molar-refractivity contribution in [1.82, 2.24) is 19.9 Å². The van der Waals surface area contributed by atoms with Gasteiger partial charge in [0.25, 0.3) is 0 Å². The van der Waals surface area contributed by atoms with E-state index in [1.54, 1.807) is 12.1 Å². The number of aromatic nitrogens is 4. The van der Waals surface area contributed by atoms with Crippen LogP contribution in [-0.4, -0.2) is 19.9 Å². The van der Waals surface area contributed by atoms with Gasteiger partial charge in [-0.25, -0.2) is 14.4 Å². The Bertz CT molecular complexity index is 1040. The molecule has 29 heavy (non-hydrogen) atoms. The lowest BCUT2D eigenvalue weighted by Crippen LogP contribution is -2.13. The number of nitrogens with two attached hydrogens (primary N) is 1. The summed E-state index contributed by atoms with van der Waals surface area (Å²) in [6.45, 7) is 0.